The highest BCUT2D eigenvalue weighted by Gasteiger charge is 2.33. The topological polar surface area (TPSA) is 66.5 Å². The number of halogens is 1. The highest BCUT2D eigenvalue weighted by atomic mass is 32.2. The molecule has 7 heteroatoms. The van der Waals surface area contributed by atoms with E-state index in [1.54, 1.807) is 0 Å². The molecule has 0 unspecified atom stereocenters. The van der Waals surface area contributed by atoms with Crippen LogP contribution in [0.2, 0.25) is 0 Å². The van der Waals surface area contributed by atoms with Crippen molar-refractivity contribution in [2.24, 2.45) is 11.8 Å². The Morgan fingerprint density at radius 2 is 1.88 bits per heavy atom. The number of hydrogen-bond acceptors (Lipinski definition) is 3. The average Bonchev–Trinajstić information content (AvgIpc) is 2.55. The van der Waals surface area contributed by atoms with Gasteiger partial charge in [0.2, 0.25) is 15.9 Å². The van der Waals surface area contributed by atoms with Gasteiger partial charge >= 0.3 is 0 Å². The van der Waals surface area contributed by atoms with Crippen molar-refractivity contribution in [1.82, 2.24) is 9.62 Å². The summed E-state index contributed by atoms with van der Waals surface area (Å²) in [7, 11) is -3.70. The summed E-state index contributed by atoms with van der Waals surface area (Å²) in [5, 5.41) is 2.96. The monoisotopic (exact) mass is 356 g/mol. The molecule has 0 bridgehead atoms. The number of benzene rings is 1. The second-order valence-electron chi connectivity index (χ2n) is 6.70. The van der Waals surface area contributed by atoms with E-state index in [1.807, 2.05) is 20.8 Å². The maximum Gasteiger partial charge on any atom is 0.243 e. The quantitative estimate of drug-likeness (QED) is 0.881. The minimum Gasteiger partial charge on any atom is -0.353 e. The lowest BCUT2D eigenvalue weighted by Gasteiger charge is -2.32. The first-order chi connectivity index (χ1) is 11.2. The van der Waals surface area contributed by atoms with Crippen LogP contribution in [0.15, 0.2) is 29.2 Å². The molecule has 2 atom stereocenters. The molecule has 0 aromatic heterocycles. The van der Waals surface area contributed by atoms with Crippen molar-refractivity contribution in [3.8, 4) is 0 Å². The van der Waals surface area contributed by atoms with Gasteiger partial charge < -0.3 is 5.32 Å². The molecule has 2 rings (SSSR count). The Morgan fingerprint density at radius 3 is 2.46 bits per heavy atom. The molecule has 1 aliphatic rings. The molecule has 1 fully saturated rings. The molecule has 1 saturated heterocycles. The summed E-state index contributed by atoms with van der Waals surface area (Å²) in [5.41, 5.74) is 0. The number of rotatable bonds is 5. The van der Waals surface area contributed by atoms with Crippen molar-refractivity contribution in [3.63, 3.8) is 0 Å². The number of amides is 1. The lowest BCUT2D eigenvalue weighted by Crippen LogP contribution is -2.47. The van der Waals surface area contributed by atoms with Crippen molar-refractivity contribution >= 4 is 15.9 Å². The van der Waals surface area contributed by atoms with Gasteiger partial charge in [-0.15, -0.1) is 0 Å². The summed E-state index contributed by atoms with van der Waals surface area (Å²) in [6.45, 7) is 6.53. The van der Waals surface area contributed by atoms with Crippen LogP contribution in [-0.2, 0) is 14.8 Å². The molecule has 0 aliphatic carbocycles. The van der Waals surface area contributed by atoms with Gasteiger partial charge in [0.1, 0.15) is 5.82 Å². The number of hydrogen-bond donors (Lipinski definition) is 1. The van der Waals surface area contributed by atoms with Crippen LogP contribution in [0.25, 0.3) is 0 Å². The van der Waals surface area contributed by atoms with Crippen LogP contribution in [0.3, 0.4) is 0 Å². The lowest BCUT2D eigenvalue weighted by atomic mass is 9.97. The average molecular weight is 356 g/mol. The fourth-order valence-corrected chi connectivity index (χ4v) is 4.16. The van der Waals surface area contributed by atoms with Gasteiger partial charge in [-0.2, -0.15) is 4.31 Å². The molecule has 0 saturated carbocycles. The summed E-state index contributed by atoms with van der Waals surface area (Å²) in [6, 6.07) is 4.82. The molecule has 1 N–H and O–H groups in total. The van der Waals surface area contributed by atoms with E-state index < -0.39 is 15.8 Å². The van der Waals surface area contributed by atoms with Crippen molar-refractivity contribution in [3.05, 3.63) is 30.1 Å². The van der Waals surface area contributed by atoms with E-state index in [9.17, 15) is 17.6 Å². The van der Waals surface area contributed by atoms with Crippen LogP contribution in [0.1, 0.15) is 33.6 Å². The summed E-state index contributed by atoms with van der Waals surface area (Å²) in [4.78, 5) is 12.4. The molecule has 1 amide bonds. The Balaban J connectivity index is 2.09. The lowest BCUT2D eigenvalue weighted by molar-refractivity contribution is -0.127. The summed E-state index contributed by atoms with van der Waals surface area (Å²) in [5.74, 6) is -0.616. The molecule has 0 radical (unpaired) electrons. The van der Waals surface area contributed by atoms with Gasteiger partial charge in [0.25, 0.3) is 0 Å². The molecule has 1 aliphatic heterocycles. The number of nitrogens with one attached hydrogen (secondary N) is 1. The molecule has 1 aromatic rings. The SMILES string of the molecule is CC(C)[C@H](C)NC(=O)[C@@H]1CCCN(S(=O)(=O)c2ccc(F)cc2)C1. The molecule has 5 nitrogen and oxygen atoms in total. The number of carbonyl (C=O) groups excluding carboxylic acids is 1. The third-order valence-electron chi connectivity index (χ3n) is 4.58. The largest absolute Gasteiger partial charge is 0.353 e. The number of carbonyl (C=O) groups is 1. The van der Waals surface area contributed by atoms with Crippen LogP contribution in [0, 0.1) is 17.7 Å². The minimum absolute atomic E-state index is 0.0431. The minimum atomic E-state index is -3.70. The molecule has 24 heavy (non-hydrogen) atoms. The van der Waals surface area contributed by atoms with Crippen molar-refractivity contribution in [2.75, 3.05) is 13.1 Å². The van der Waals surface area contributed by atoms with Gasteiger partial charge in [-0.3, -0.25) is 4.79 Å². The zero-order valence-corrected chi connectivity index (χ0v) is 15.1. The maximum absolute atomic E-state index is 13.0. The highest BCUT2D eigenvalue weighted by molar-refractivity contribution is 7.89. The first-order valence-corrected chi connectivity index (χ1v) is 9.72. The molecule has 0 spiro atoms. The third-order valence-corrected chi connectivity index (χ3v) is 6.46. The Hall–Kier alpha value is -1.47. The Labute approximate surface area is 143 Å². The third kappa shape index (κ3) is 4.33. The molecule has 1 aromatic carbocycles. The predicted octanol–water partition coefficient (Wildman–Crippen LogP) is 2.39. The number of sulfonamides is 1. The van der Waals surface area contributed by atoms with E-state index in [-0.39, 0.29) is 29.3 Å². The van der Waals surface area contributed by atoms with Crippen LogP contribution >= 0.6 is 0 Å². The predicted molar refractivity (Wildman–Crippen MR) is 90.3 cm³/mol. The smallest absolute Gasteiger partial charge is 0.243 e. The fourth-order valence-electron chi connectivity index (χ4n) is 2.64. The summed E-state index contributed by atoms with van der Waals surface area (Å²) >= 11 is 0. The Bertz CT molecular complexity index is 674. The van der Waals surface area contributed by atoms with E-state index in [0.29, 0.717) is 25.3 Å². The number of piperidine rings is 1. The summed E-state index contributed by atoms with van der Waals surface area (Å²) < 4.78 is 39.7. The second kappa shape index (κ2) is 7.61. The van der Waals surface area contributed by atoms with Crippen LogP contribution < -0.4 is 5.32 Å². The Kier molecular flexibility index (Phi) is 5.98. The van der Waals surface area contributed by atoms with Gasteiger partial charge in [-0.25, -0.2) is 12.8 Å². The van der Waals surface area contributed by atoms with Crippen molar-refractivity contribution < 1.29 is 17.6 Å². The zero-order chi connectivity index (χ0) is 17.9. The maximum atomic E-state index is 13.0. The summed E-state index contributed by atoms with van der Waals surface area (Å²) in [6.07, 6.45) is 1.31. The van der Waals surface area contributed by atoms with E-state index in [2.05, 4.69) is 5.32 Å². The van der Waals surface area contributed by atoms with Gasteiger partial charge in [-0.05, 0) is 49.9 Å². The van der Waals surface area contributed by atoms with Crippen molar-refractivity contribution in [1.29, 1.82) is 0 Å². The fraction of sp³-hybridized carbons (Fsp3) is 0.588. The van der Waals surface area contributed by atoms with Gasteiger partial charge in [-0.1, -0.05) is 13.8 Å². The van der Waals surface area contributed by atoms with E-state index >= 15 is 0 Å². The van der Waals surface area contributed by atoms with Crippen LogP contribution in [0.4, 0.5) is 4.39 Å². The molecule has 134 valence electrons. The van der Waals surface area contributed by atoms with E-state index in [4.69, 9.17) is 0 Å². The van der Waals surface area contributed by atoms with Crippen LogP contribution in [-0.4, -0.2) is 37.8 Å². The Morgan fingerprint density at radius 1 is 1.25 bits per heavy atom. The van der Waals surface area contributed by atoms with E-state index in [1.165, 1.54) is 16.4 Å². The van der Waals surface area contributed by atoms with Gasteiger partial charge in [0.05, 0.1) is 10.8 Å². The first-order valence-electron chi connectivity index (χ1n) is 8.28. The van der Waals surface area contributed by atoms with Gasteiger partial charge in [0.15, 0.2) is 0 Å². The first kappa shape index (κ1) is 18.9. The molecular formula is C17H25FN2O3S. The van der Waals surface area contributed by atoms with E-state index in [0.717, 1.165) is 12.1 Å². The van der Waals surface area contributed by atoms with Crippen LogP contribution in [0.5, 0.6) is 0 Å². The zero-order valence-electron chi connectivity index (χ0n) is 14.3. The highest BCUT2D eigenvalue weighted by Crippen LogP contribution is 2.24. The normalized spacial score (nSPS) is 20.8. The molecule has 1 heterocycles. The second-order valence-corrected chi connectivity index (χ2v) is 8.64. The van der Waals surface area contributed by atoms with Gasteiger partial charge in [0, 0.05) is 19.1 Å². The molecular weight excluding hydrogens is 331 g/mol. The standard InChI is InChI=1S/C17H25FN2O3S/c1-12(2)13(3)19-17(21)14-5-4-10-20(11-14)24(22,23)16-8-6-15(18)7-9-16/h6-9,12-14H,4-5,10-11H2,1-3H3,(H,19,21)/t13-,14+/m0/s1. The van der Waals surface area contributed by atoms with Crippen molar-refractivity contribution in [2.45, 2.75) is 44.6 Å². The number of nitrogens with zero attached hydrogens (tertiary/aromatic N) is 1.